The van der Waals surface area contributed by atoms with Crippen LogP contribution in [0.4, 0.5) is 0 Å². The molecule has 1 N–H and O–H groups in total. The standard InChI is InChI=1S/C20H20O4/c1-10-6-7-15-17(13(4)24-20(15)18(10)21)19(22)14-8-11(2)12(3)16(9-14)23-5/h6-9,21H,1-5H3. The molecule has 0 fully saturated rings. The predicted octanol–water partition coefficient (Wildman–Crippen LogP) is 4.61. The Bertz CT molecular complexity index is 964. The Kier molecular flexibility index (Phi) is 3.84. The van der Waals surface area contributed by atoms with Gasteiger partial charge in [0.1, 0.15) is 11.5 Å². The first-order chi connectivity index (χ1) is 11.3. The summed E-state index contributed by atoms with van der Waals surface area (Å²) >= 11 is 0. The summed E-state index contributed by atoms with van der Waals surface area (Å²) in [5.41, 5.74) is 4.08. The fourth-order valence-corrected chi connectivity index (χ4v) is 2.96. The third kappa shape index (κ3) is 2.35. The number of benzene rings is 2. The highest BCUT2D eigenvalue weighted by Gasteiger charge is 2.23. The van der Waals surface area contributed by atoms with E-state index in [9.17, 15) is 9.90 Å². The minimum absolute atomic E-state index is 0.0762. The van der Waals surface area contributed by atoms with Gasteiger partial charge in [-0.1, -0.05) is 6.07 Å². The molecule has 0 radical (unpaired) electrons. The van der Waals surface area contributed by atoms with E-state index in [0.29, 0.717) is 39.2 Å². The third-order valence-corrected chi connectivity index (χ3v) is 4.54. The number of carbonyl (C=O) groups is 1. The number of fused-ring (bicyclic) bond motifs is 1. The largest absolute Gasteiger partial charge is 0.504 e. The molecule has 2 aromatic carbocycles. The van der Waals surface area contributed by atoms with Crippen LogP contribution in [0, 0.1) is 27.7 Å². The van der Waals surface area contributed by atoms with Crippen molar-refractivity contribution in [2.24, 2.45) is 0 Å². The van der Waals surface area contributed by atoms with Crippen LogP contribution in [-0.4, -0.2) is 18.0 Å². The molecule has 3 rings (SSSR count). The van der Waals surface area contributed by atoms with Crippen LogP contribution in [0.2, 0.25) is 0 Å². The van der Waals surface area contributed by atoms with E-state index in [0.717, 1.165) is 11.1 Å². The Hall–Kier alpha value is -2.75. The van der Waals surface area contributed by atoms with Crippen molar-refractivity contribution in [1.29, 1.82) is 0 Å². The van der Waals surface area contributed by atoms with Crippen molar-refractivity contribution in [1.82, 2.24) is 0 Å². The number of hydrogen-bond donors (Lipinski definition) is 1. The van der Waals surface area contributed by atoms with Gasteiger partial charge in [0.25, 0.3) is 0 Å². The zero-order valence-corrected chi connectivity index (χ0v) is 14.5. The molecule has 0 amide bonds. The van der Waals surface area contributed by atoms with Gasteiger partial charge in [-0.3, -0.25) is 4.79 Å². The number of ketones is 1. The number of furan rings is 1. The molecule has 24 heavy (non-hydrogen) atoms. The number of hydrogen-bond acceptors (Lipinski definition) is 4. The Labute approximate surface area is 140 Å². The number of aromatic hydroxyl groups is 1. The van der Waals surface area contributed by atoms with E-state index in [-0.39, 0.29) is 11.5 Å². The molecule has 3 aromatic rings. The molecule has 124 valence electrons. The quantitative estimate of drug-likeness (QED) is 0.715. The van der Waals surface area contributed by atoms with Gasteiger partial charge in [0.2, 0.25) is 0 Å². The maximum absolute atomic E-state index is 13.1. The van der Waals surface area contributed by atoms with Crippen molar-refractivity contribution in [2.75, 3.05) is 7.11 Å². The van der Waals surface area contributed by atoms with Gasteiger partial charge in [-0.15, -0.1) is 0 Å². The van der Waals surface area contributed by atoms with Crippen LogP contribution in [0.5, 0.6) is 11.5 Å². The van der Waals surface area contributed by atoms with Gasteiger partial charge in [0, 0.05) is 10.9 Å². The average Bonchev–Trinajstić information content (AvgIpc) is 2.89. The molecule has 1 heterocycles. The summed E-state index contributed by atoms with van der Waals surface area (Å²) in [5, 5.41) is 10.8. The topological polar surface area (TPSA) is 59.7 Å². The molecule has 4 nitrogen and oxygen atoms in total. The Balaban J connectivity index is 2.22. The summed E-state index contributed by atoms with van der Waals surface area (Å²) < 4.78 is 11.0. The zero-order chi connectivity index (χ0) is 17.6. The van der Waals surface area contributed by atoms with Crippen LogP contribution in [0.25, 0.3) is 11.0 Å². The van der Waals surface area contributed by atoms with Crippen LogP contribution in [0.1, 0.15) is 38.4 Å². The molecule has 0 aliphatic rings. The number of rotatable bonds is 3. The lowest BCUT2D eigenvalue weighted by molar-refractivity contribution is 0.103. The van der Waals surface area contributed by atoms with Gasteiger partial charge in [0.05, 0.1) is 12.7 Å². The van der Waals surface area contributed by atoms with Crippen molar-refractivity contribution in [3.8, 4) is 11.5 Å². The average molecular weight is 324 g/mol. The summed E-state index contributed by atoms with van der Waals surface area (Å²) in [4.78, 5) is 13.1. The van der Waals surface area contributed by atoms with Crippen molar-refractivity contribution in [3.63, 3.8) is 0 Å². The van der Waals surface area contributed by atoms with Gasteiger partial charge in [0.15, 0.2) is 17.1 Å². The van der Waals surface area contributed by atoms with Crippen molar-refractivity contribution < 1.29 is 19.1 Å². The van der Waals surface area contributed by atoms with Gasteiger partial charge in [-0.05, 0) is 62.6 Å². The second kappa shape index (κ2) is 5.71. The highest BCUT2D eigenvalue weighted by atomic mass is 16.5. The van der Waals surface area contributed by atoms with Gasteiger partial charge in [-0.2, -0.15) is 0 Å². The van der Waals surface area contributed by atoms with Crippen LogP contribution in [0.15, 0.2) is 28.7 Å². The summed E-state index contributed by atoms with van der Waals surface area (Å²) in [6.07, 6.45) is 0. The third-order valence-electron chi connectivity index (χ3n) is 4.54. The van der Waals surface area contributed by atoms with Gasteiger partial charge >= 0.3 is 0 Å². The fourth-order valence-electron chi connectivity index (χ4n) is 2.96. The van der Waals surface area contributed by atoms with Crippen LogP contribution in [0.3, 0.4) is 0 Å². The maximum atomic E-state index is 13.1. The molecular formula is C20H20O4. The molecule has 1 aromatic heterocycles. The second-order valence-corrected chi connectivity index (χ2v) is 6.09. The van der Waals surface area contributed by atoms with Crippen molar-refractivity contribution in [3.05, 3.63) is 57.8 Å². The van der Waals surface area contributed by atoms with E-state index in [1.807, 2.05) is 26.0 Å². The van der Waals surface area contributed by atoms with Gasteiger partial charge < -0.3 is 14.3 Å². The number of ether oxygens (including phenoxy) is 1. The minimum atomic E-state index is -0.143. The minimum Gasteiger partial charge on any atom is -0.504 e. The lowest BCUT2D eigenvalue weighted by Crippen LogP contribution is -2.04. The molecule has 0 aliphatic heterocycles. The smallest absolute Gasteiger partial charge is 0.197 e. The molecule has 4 heteroatoms. The summed E-state index contributed by atoms with van der Waals surface area (Å²) in [7, 11) is 1.59. The maximum Gasteiger partial charge on any atom is 0.197 e. The number of phenols is 1. The number of aryl methyl sites for hydroxylation is 3. The van der Waals surface area contributed by atoms with Crippen molar-refractivity contribution >= 4 is 16.8 Å². The summed E-state index contributed by atoms with van der Waals surface area (Å²) in [5.74, 6) is 1.11. The molecule has 0 aliphatic carbocycles. The molecule has 0 spiro atoms. The molecule has 0 bridgehead atoms. The van der Waals surface area contributed by atoms with E-state index >= 15 is 0 Å². The zero-order valence-electron chi connectivity index (χ0n) is 14.5. The lowest BCUT2D eigenvalue weighted by atomic mass is 9.96. The van der Waals surface area contributed by atoms with E-state index in [4.69, 9.17) is 9.15 Å². The van der Waals surface area contributed by atoms with E-state index in [1.165, 1.54) is 0 Å². The Morgan fingerprint density at radius 2 is 1.79 bits per heavy atom. The van der Waals surface area contributed by atoms with E-state index in [1.54, 1.807) is 33.1 Å². The number of methoxy groups -OCH3 is 1. The number of phenolic OH excluding ortho intramolecular Hbond substituents is 1. The normalized spacial score (nSPS) is 11.0. The van der Waals surface area contributed by atoms with Crippen LogP contribution in [-0.2, 0) is 0 Å². The Morgan fingerprint density at radius 1 is 1.08 bits per heavy atom. The highest BCUT2D eigenvalue weighted by molar-refractivity contribution is 6.17. The molecule has 0 atom stereocenters. The van der Waals surface area contributed by atoms with Crippen LogP contribution < -0.4 is 4.74 Å². The predicted molar refractivity (Wildman–Crippen MR) is 93.3 cm³/mol. The van der Waals surface area contributed by atoms with Crippen LogP contribution >= 0.6 is 0 Å². The number of carbonyl (C=O) groups excluding carboxylic acids is 1. The monoisotopic (exact) mass is 324 g/mol. The first-order valence-corrected chi connectivity index (χ1v) is 7.76. The first kappa shape index (κ1) is 16.1. The summed E-state index contributed by atoms with van der Waals surface area (Å²) in [6.45, 7) is 7.44. The molecule has 0 saturated carbocycles. The van der Waals surface area contributed by atoms with Gasteiger partial charge in [-0.25, -0.2) is 0 Å². The highest BCUT2D eigenvalue weighted by Crippen LogP contribution is 2.36. The summed E-state index contributed by atoms with van der Waals surface area (Å²) in [6, 6.07) is 7.19. The first-order valence-electron chi connectivity index (χ1n) is 7.76. The second-order valence-electron chi connectivity index (χ2n) is 6.09. The lowest BCUT2D eigenvalue weighted by Gasteiger charge is -2.10. The molecular weight excluding hydrogens is 304 g/mol. The van der Waals surface area contributed by atoms with Crippen molar-refractivity contribution in [2.45, 2.75) is 27.7 Å². The Morgan fingerprint density at radius 3 is 2.46 bits per heavy atom. The SMILES string of the molecule is COc1cc(C(=O)c2c(C)oc3c(O)c(C)ccc23)cc(C)c1C. The van der Waals surface area contributed by atoms with E-state index < -0.39 is 0 Å². The fraction of sp³-hybridized carbons (Fsp3) is 0.250. The molecule has 0 saturated heterocycles. The molecule has 0 unspecified atom stereocenters. The van der Waals surface area contributed by atoms with E-state index in [2.05, 4.69) is 0 Å².